The predicted octanol–water partition coefficient (Wildman–Crippen LogP) is 8.58. The molecule has 3 amide bonds. The zero-order valence-electron chi connectivity index (χ0n) is 30.5. The molecule has 0 unspecified atom stereocenters. The smallest absolute Gasteiger partial charge is 0.407 e. The van der Waals surface area contributed by atoms with Crippen molar-refractivity contribution in [2.45, 2.75) is 90.9 Å². The van der Waals surface area contributed by atoms with Crippen LogP contribution in [-0.2, 0) is 14.3 Å². The van der Waals surface area contributed by atoms with Gasteiger partial charge in [-0.2, -0.15) is 0 Å². The predicted molar refractivity (Wildman–Crippen MR) is 203 cm³/mol. The Morgan fingerprint density at radius 2 is 1.35 bits per heavy atom. The van der Waals surface area contributed by atoms with E-state index in [1.807, 2.05) is 79.1 Å². The second-order valence-corrected chi connectivity index (χ2v) is 15.4. The molecule has 6 rings (SSSR count). The fraction of sp³-hybridized carbons (Fsp3) is 0.462. The molecule has 2 aliphatic rings. The van der Waals surface area contributed by atoms with E-state index >= 15 is 0 Å². The van der Waals surface area contributed by atoms with Crippen molar-refractivity contribution < 1.29 is 19.1 Å². The minimum atomic E-state index is -0.731. The summed E-state index contributed by atoms with van der Waals surface area (Å²) in [4.78, 5) is 58.6. The van der Waals surface area contributed by atoms with E-state index in [4.69, 9.17) is 37.9 Å². The van der Waals surface area contributed by atoms with Crippen molar-refractivity contribution in [1.29, 1.82) is 0 Å². The van der Waals surface area contributed by atoms with Crippen LogP contribution in [0.5, 0.6) is 0 Å². The van der Waals surface area contributed by atoms with Gasteiger partial charge in [-0.15, -0.1) is 0 Å². The van der Waals surface area contributed by atoms with Gasteiger partial charge in [0.2, 0.25) is 11.8 Å². The standard InChI is InChI=1S/C39H47Cl2N7O4/c1-21(2)20-30(49)47-19-7-8-28(47)36-42-32(34(40)45-36)26-14-10-24(11-15-26)25-12-16-27(17-13-25)33-35(41)46-37(43-33)29-18-9-23(5)48(29)38(50)31(22(3)4)44-39(51)52-6/h10-17,21-23,28-29,31H,7-9,18-20H2,1-6H3,(H,42,45)(H,43,46)(H,44,51)/t23-,28-,29-,31-/m0/s1. The highest BCUT2D eigenvalue weighted by Crippen LogP contribution is 2.39. The SMILES string of the molecule is COC(=O)N[C@H](C(=O)N1[C@@H](C)CC[C@H]1c1nc(-c2ccc(-c3ccc(-c4nc([C@@H]5CCCN5C(=O)CC(C)C)[nH]c4Cl)cc3)cc2)c(Cl)[nH]1)C(C)C. The summed E-state index contributed by atoms with van der Waals surface area (Å²) in [5.74, 6) is 1.48. The zero-order chi connectivity index (χ0) is 37.3. The number of aromatic amines is 2. The lowest BCUT2D eigenvalue weighted by atomic mass is 10.0. The van der Waals surface area contributed by atoms with Crippen molar-refractivity contribution in [3.8, 4) is 33.6 Å². The van der Waals surface area contributed by atoms with Crippen molar-refractivity contribution in [1.82, 2.24) is 35.1 Å². The molecule has 2 fully saturated rings. The molecule has 4 heterocycles. The number of methoxy groups -OCH3 is 1. The number of rotatable bonds is 10. The highest BCUT2D eigenvalue weighted by Gasteiger charge is 2.41. The van der Waals surface area contributed by atoms with Crippen LogP contribution < -0.4 is 5.32 Å². The molecule has 0 aliphatic carbocycles. The average molecular weight is 749 g/mol. The van der Waals surface area contributed by atoms with Gasteiger partial charge in [0.15, 0.2) is 0 Å². The number of amides is 3. The zero-order valence-corrected chi connectivity index (χ0v) is 32.0. The molecule has 3 N–H and O–H groups in total. The summed E-state index contributed by atoms with van der Waals surface area (Å²) in [7, 11) is 1.28. The number of likely N-dealkylation sites (tertiary alicyclic amines) is 2. The highest BCUT2D eigenvalue weighted by molar-refractivity contribution is 6.32. The maximum Gasteiger partial charge on any atom is 0.407 e. The first kappa shape index (κ1) is 37.4. The molecule has 4 atom stereocenters. The van der Waals surface area contributed by atoms with Gasteiger partial charge in [-0.3, -0.25) is 9.59 Å². The number of hydrogen-bond acceptors (Lipinski definition) is 6. The number of hydrogen-bond donors (Lipinski definition) is 3. The molecular weight excluding hydrogens is 701 g/mol. The topological polar surface area (TPSA) is 136 Å². The largest absolute Gasteiger partial charge is 0.453 e. The molecule has 0 saturated carbocycles. The quantitative estimate of drug-likeness (QED) is 0.149. The summed E-state index contributed by atoms with van der Waals surface area (Å²) >= 11 is 13.4. The molecule has 0 bridgehead atoms. The van der Waals surface area contributed by atoms with E-state index in [-0.39, 0.29) is 35.9 Å². The van der Waals surface area contributed by atoms with E-state index < -0.39 is 12.1 Å². The number of halogens is 2. The molecule has 52 heavy (non-hydrogen) atoms. The molecule has 276 valence electrons. The summed E-state index contributed by atoms with van der Waals surface area (Å²) < 4.78 is 4.77. The van der Waals surface area contributed by atoms with Gasteiger partial charge in [0.1, 0.15) is 39.4 Å². The fourth-order valence-electron chi connectivity index (χ4n) is 7.38. The van der Waals surface area contributed by atoms with Crippen LogP contribution in [0.4, 0.5) is 4.79 Å². The normalized spacial score (nSPS) is 19.5. The summed E-state index contributed by atoms with van der Waals surface area (Å²) in [5.41, 5.74) is 5.03. The molecule has 2 aromatic heterocycles. The van der Waals surface area contributed by atoms with Gasteiger partial charge in [0, 0.05) is 30.1 Å². The Morgan fingerprint density at radius 1 is 0.827 bits per heavy atom. The molecule has 2 aliphatic heterocycles. The van der Waals surface area contributed by atoms with Crippen LogP contribution in [0.15, 0.2) is 48.5 Å². The van der Waals surface area contributed by atoms with E-state index in [1.54, 1.807) is 0 Å². The number of H-pyrrole nitrogens is 2. The summed E-state index contributed by atoms with van der Waals surface area (Å²) in [6.07, 6.45) is 3.20. The van der Waals surface area contributed by atoms with E-state index in [0.717, 1.165) is 60.3 Å². The molecule has 11 nitrogen and oxygen atoms in total. The summed E-state index contributed by atoms with van der Waals surface area (Å²) in [6, 6.07) is 14.9. The van der Waals surface area contributed by atoms with Crippen molar-refractivity contribution in [3.05, 3.63) is 70.5 Å². The number of nitrogens with zero attached hydrogens (tertiary/aromatic N) is 4. The lowest BCUT2D eigenvalue weighted by Crippen LogP contribution is -2.52. The third kappa shape index (κ3) is 7.71. The first-order chi connectivity index (χ1) is 24.9. The number of ether oxygens (including phenoxy) is 1. The van der Waals surface area contributed by atoms with Crippen LogP contribution in [0.3, 0.4) is 0 Å². The van der Waals surface area contributed by atoms with Crippen LogP contribution in [0.1, 0.15) is 90.5 Å². The van der Waals surface area contributed by atoms with Gasteiger partial charge < -0.3 is 29.8 Å². The van der Waals surface area contributed by atoms with Gasteiger partial charge in [-0.25, -0.2) is 14.8 Å². The highest BCUT2D eigenvalue weighted by atomic mass is 35.5. The van der Waals surface area contributed by atoms with E-state index in [2.05, 4.69) is 29.1 Å². The number of imidazole rings is 2. The Kier molecular flexibility index (Phi) is 11.3. The first-order valence-corrected chi connectivity index (χ1v) is 18.8. The van der Waals surface area contributed by atoms with Crippen molar-refractivity contribution in [2.75, 3.05) is 13.7 Å². The summed E-state index contributed by atoms with van der Waals surface area (Å²) in [5, 5.41) is 3.56. The van der Waals surface area contributed by atoms with Gasteiger partial charge in [0.05, 0.1) is 19.2 Å². The Hall–Kier alpha value is -4.35. The van der Waals surface area contributed by atoms with Crippen LogP contribution in [0.25, 0.3) is 33.6 Å². The van der Waals surface area contributed by atoms with Crippen molar-refractivity contribution in [3.63, 3.8) is 0 Å². The molecular formula is C39H47Cl2N7O4. The Bertz CT molecular complexity index is 1900. The number of nitrogens with one attached hydrogen (secondary N) is 3. The van der Waals surface area contributed by atoms with Gasteiger partial charge in [-0.05, 0) is 55.6 Å². The van der Waals surface area contributed by atoms with Crippen LogP contribution in [0, 0.1) is 11.8 Å². The molecule has 2 aromatic carbocycles. The third-order valence-corrected chi connectivity index (χ3v) is 10.7. The molecule has 0 radical (unpaired) electrons. The van der Waals surface area contributed by atoms with Crippen LogP contribution in [0.2, 0.25) is 10.3 Å². The minimum Gasteiger partial charge on any atom is -0.453 e. The van der Waals surface area contributed by atoms with Crippen LogP contribution in [-0.4, -0.2) is 73.4 Å². The molecule has 2 saturated heterocycles. The van der Waals surface area contributed by atoms with E-state index in [0.29, 0.717) is 39.9 Å². The Balaban J connectivity index is 1.16. The second-order valence-electron chi connectivity index (χ2n) is 14.6. The first-order valence-electron chi connectivity index (χ1n) is 18.0. The molecule has 4 aromatic rings. The van der Waals surface area contributed by atoms with Gasteiger partial charge in [0.25, 0.3) is 0 Å². The number of carbonyl (C=O) groups excluding carboxylic acids is 3. The maximum atomic E-state index is 13.8. The monoisotopic (exact) mass is 747 g/mol. The van der Waals surface area contributed by atoms with E-state index in [9.17, 15) is 14.4 Å². The lowest BCUT2D eigenvalue weighted by Gasteiger charge is -2.32. The summed E-state index contributed by atoms with van der Waals surface area (Å²) in [6.45, 7) is 10.6. The minimum absolute atomic E-state index is 0.0369. The molecule has 13 heteroatoms. The van der Waals surface area contributed by atoms with Crippen molar-refractivity contribution >= 4 is 41.1 Å². The van der Waals surface area contributed by atoms with E-state index in [1.165, 1.54) is 7.11 Å². The Labute approximate surface area is 314 Å². The number of benzene rings is 2. The van der Waals surface area contributed by atoms with Gasteiger partial charge >= 0.3 is 6.09 Å². The van der Waals surface area contributed by atoms with Crippen molar-refractivity contribution in [2.24, 2.45) is 11.8 Å². The number of alkyl carbamates (subject to hydrolysis) is 1. The number of aromatic nitrogens is 4. The maximum absolute atomic E-state index is 13.8. The molecule has 0 spiro atoms. The average Bonchev–Trinajstić information content (AvgIpc) is 3.92. The second kappa shape index (κ2) is 15.7. The third-order valence-electron chi connectivity index (χ3n) is 10.1. The fourth-order valence-corrected chi connectivity index (χ4v) is 7.87. The van der Waals surface area contributed by atoms with Crippen LogP contribution >= 0.6 is 23.2 Å². The Morgan fingerprint density at radius 3 is 1.85 bits per heavy atom. The van der Waals surface area contributed by atoms with Gasteiger partial charge in [-0.1, -0.05) is 99.4 Å². The lowest BCUT2D eigenvalue weighted by molar-refractivity contribution is -0.137. The number of carbonyl (C=O) groups is 3.